The van der Waals surface area contributed by atoms with Crippen molar-refractivity contribution < 1.29 is 65.9 Å². The van der Waals surface area contributed by atoms with E-state index < -0.39 is 92.6 Å². The lowest BCUT2D eigenvalue weighted by atomic mass is 9.97. The van der Waals surface area contributed by atoms with Crippen molar-refractivity contribution in [1.82, 2.24) is 24.5 Å². The van der Waals surface area contributed by atoms with Crippen LogP contribution in [-0.4, -0.2) is 24.5 Å². The van der Waals surface area contributed by atoms with Crippen LogP contribution in [0.2, 0.25) is 0 Å². The number of aromatic nitrogens is 5. The third-order valence-corrected chi connectivity index (χ3v) is 14.5. The minimum absolute atomic E-state index is 0.0696. The zero-order valence-electron chi connectivity index (χ0n) is 44.2. The van der Waals surface area contributed by atoms with Crippen molar-refractivity contribution in [2.24, 2.45) is 0 Å². The predicted molar refractivity (Wildman–Crippen MR) is 300 cm³/mol. The van der Waals surface area contributed by atoms with Crippen molar-refractivity contribution >= 4 is 21.8 Å². The van der Waals surface area contributed by atoms with Crippen molar-refractivity contribution in [3.8, 4) is 95.7 Å². The maximum atomic E-state index is 16.1. The number of nitrogens with zero attached hydrogens (tertiary/aromatic N) is 5. The molecule has 20 heteroatoms. The molecule has 12 rings (SSSR count). The predicted octanol–water partition coefficient (Wildman–Crippen LogP) is 20.8. The number of halogens is 15. The zero-order chi connectivity index (χ0) is 61.4. The molecule has 0 atom stereocenters. The van der Waals surface area contributed by atoms with Gasteiger partial charge in [-0.25, -0.2) is 19.9 Å². The Morgan fingerprint density at radius 3 is 0.770 bits per heavy atom. The average Bonchev–Trinajstić information content (AvgIpc) is 1.67. The molecule has 0 aliphatic carbocycles. The summed E-state index contributed by atoms with van der Waals surface area (Å²) in [5.74, 6) is -0.800. The molecule has 0 bridgehead atoms. The van der Waals surface area contributed by atoms with Gasteiger partial charge < -0.3 is 4.57 Å². The standard InChI is InChI=1S/C67H36F15N5/c68-63(69,70)45-25-43(26-46(31-45)64(71,72)73)41-21-23-50-51-24-22-42(44-27-47(65(74,75)76)32-48(28-44)66(77,78)79)30-59(51)87(58(50)29-41)60-52(61-83-54(37-13-5-1-6-14-37)35-55(84-61)38-15-7-2-8-16-38)33-49(67(80,81)82)34-53(60)62-85-56(39-17-9-3-10-18-39)36-57(86-62)40-19-11-4-12-20-40/h1-36H. The summed E-state index contributed by atoms with van der Waals surface area (Å²) in [5, 5.41) is 0.209. The highest BCUT2D eigenvalue weighted by Gasteiger charge is 2.40. The van der Waals surface area contributed by atoms with E-state index in [4.69, 9.17) is 19.9 Å². The molecule has 0 aliphatic heterocycles. The molecule has 434 valence electrons. The van der Waals surface area contributed by atoms with E-state index in [0.29, 0.717) is 46.5 Å². The lowest BCUT2D eigenvalue weighted by Gasteiger charge is -2.22. The summed E-state index contributed by atoms with van der Waals surface area (Å²) in [6.07, 6.45) is -26.5. The minimum atomic E-state index is -5.31. The summed E-state index contributed by atoms with van der Waals surface area (Å²) in [4.78, 5) is 19.7. The van der Waals surface area contributed by atoms with Gasteiger partial charge >= 0.3 is 30.9 Å². The first-order valence-corrected chi connectivity index (χ1v) is 26.2. The fraction of sp³-hybridized carbons (Fsp3) is 0.0746. The van der Waals surface area contributed by atoms with E-state index in [-0.39, 0.29) is 73.5 Å². The van der Waals surface area contributed by atoms with E-state index in [0.717, 1.165) is 12.1 Å². The Kier molecular flexibility index (Phi) is 14.1. The van der Waals surface area contributed by atoms with Crippen LogP contribution >= 0.6 is 0 Å². The molecule has 87 heavy (non-hydrogen) atoms. The smallest absolute Gasteiger partial charge is 0.308 e. The normalized spacial score (nSPS) is 12.5. The number of hydrogen-bond acceptors (Lipinski definition) is 4. The van der Waals surface area contributed by atoms with Crippen LogP contribution in [0.3, 0.4) is 0 Å². The highest BCUT2D eigenvalue weighted by Crippen LogP contribution is 2.48. The SMILES string of the molecule is FC(F)(F)c1cc(-c2ccc3c4ccc(-c5cc(C(F)(F)F)cc(C(F)(F)F)c5)cc4n(-c4c(-c5nc(-c6ccccc6)cc(-c6ccccc6)n5)cc(C(F)(F)F)cc4-c4nc(-c5ccccc5)cc(-c5ccccc5)n4)c3c2)cc(C(F)(F)F)c1. The second-order valence-corrected chi connectivity index (χ2v) is 20.2. The quantitative estimate of drug-likeness (QED) is 0.135. The maximum Gasteiger partial charge on any atom is 0.416 e. The number of hydrogen-bond donors (Lipinski definition) is 0. The van der Waals surface area contributed by atoms with Crippen molar-refractivity contribution in [1.29, 1.82) is 0 Å². The molecular formula is C67H36F15N5. The Labute approximate surface area is 483 Å². The maximum absolute atomic E-state index is 16.1. The lowest BCUT2D eigenvalue weighted by Crippen LogP contribution is -2.11. The molecule has 0 saturated carbocycles. The first kappa shape index (κ1) is 57.3. The van der Waals surface area contributed by atoms with Gasteiger partial charge in [-0.05, 0) is 95.1 Å². The Balaban J connectivity index is 1.29. The van der Waals surface area contributed by atoms with Gasteiger partial charge in [-0.3, -0.25) is 0 Å². The summed E-state index contributed by atoms with van der Waals surface area (Å²) < 4.78 is 224. The first-order chi connectivity index (χ1) is 41.2. The minimum Gasteiger partial charge on any atom is -0.308 e. The zero-order valence-corrected chi connectivity index (χ0v) is 44.2. The molecule has 0 amide bonds. The fourth-order valence-electron chi connectivity index (χ4n) is 10.4. The molecule has 9 aromatic carbocycles. The molecule has 0 saturated heterocycles. The summed E-state index contributed by atoms with van der Waals surface area (Å²) in [5.41, 5.74) is -8.85. The third-order valence-electron chi connectivity index (χ3n) is 14.5. The molecule has 0 radical (unpaired) electrons. The summed E-state index contributed by atoms with van der Waals surface area (Å²) >= 11 is 0. The Morgan fingerprint density at radius 1 is 0.241 bits per heavy atom. The second kappa shape index (κ2) is 21.4. The van der Waals surface area contributed by atoms with E-state index in [9.17, 15) is 52.7 Å². The van der Waals surface area contributed by atoms with Crippen LogP contribution in [-0.2, 0) is 30.9 Å². The number of fused-ring (bicyclic) bond motifs is 3. The van der Waals surface area contributed by atoms with Crippen LogP contribution in [0.5, 0.6) is 0 Å². The van der Waals surface area contributed by atoms with Crippen molar-refractivity contribution in [3.63, 3.8) is 0 Å². The summed E-state index contributed by atoms with van der Waals surface area (Å²) in [7, 11) is 0. The van der Waals surface area contributed by atoms with E-state index in [1.165, 1.54) is 41.0 Å². The van der Waals surface area contributed by atoms with Gasteiger partial charge in [0.1, 0.15) is 0 Å². The molecule has 5 nitrogen and oxygen atoms in total. The molecule has 0 fully saturated rings. The molecule has 12 aromatic rings. The van der Waals surface area contributed by atoms with Crippen molar-refractivity contribution in [2.45, 2.75) is 30.9 Å². The molecule has 3 aromatic heterocycles. The van der Waals surface area contributed by atoms with Crippen LogP contribution < -0.4 is 0 Å². The molecule has 0 N–H and O–H groups in total. The molecule has 0 unspecified atom stereocenters. The van der Waals surface area contributed by atoms with Crippen LogP contribution in [0, 0.1) is 0 Å². The van der Waals surface area contributed by atoms with Gasteiger partial charge in [0, 0.05) is 44.2 Å². The van der Waals surface area contributed by atoms with Gasteiger partial charge in [0.25, 0.3) is 0 Å². The first-order valence-electron chi connectivity index (χ1n) is 26.2. The van der Waals surface area contributed by atoms with E-state index in [1.54, 1.807) is 133 Å². The van der Waals surface area contributed by atoms with Crippen LogP contribution in [0.25, 0.3) is 118 Å². The van der Waals surface area contributed by atoms with Gasteiger partial charge in [0.15, 0.2) is 11.6 Å². The van der Waals surface area contributed by atoms with Gasteiger partial charge in [-0.1, -0.05) is 146 Å². The average molecular weight is 1200 g/mol. The second-order valence-electron chi connectivity index (χ2n) is 20.2. The Morgan fingerprint density at radius 2 is 0.506 bits per heavy atom. The third kappa shape index (κ3) is 11.5. The van der Waals surface area contributed by atoms with Gasteiger partial charge in [0.2, 0.25) is 0 Å². The van der Waals surface area contributed by atoms with Crippen molar-refractivity contribution in [3.05, 3.63) is 246 Å². The molecule has 0 aliphatic rings. The fourth-order valence-corrected chi connectivity index (χ4v) is 10.4. The van der Waals surface area contributed by atoms with Gasteiger partial charge in [-0.2, -0.15) is 65.9 Å². The summed E-state index contributed by atoms with van der Waals surface area (Å²) in [6.45, 7) is 0. The highest BCUT2D eigenvalue weighted by atomic mass is 19.4. The van der Waals surface area contributed by atoms with Crippen molar-refractivity contribution in [2.75, 3.05) is 0 Å². The van der Waals surface area contributed by atoms with Crippen LogP contribution in [0.15, 0.2) is 218 Å². The van der Waals surface area contributed by atoms with E-state index in [1.807, 2.05) is 0 Å². The Bertz CT molecular complexity index is 4130. The van der Waals surface area contributed by atoms with Gasteiger partial charge in [0.05, 0.1) is 67.3 Å². The van der Waals surface area contributed by atoms with Crippen LogP contribution in [0.4, 0.5) is 65.9 Å². The molecule has 0 spiro atoms. The lowest BCUT2D eigenvalue weighted by molar-refractivity contribution is -0.144. The number of alkyl halides is 15. The highest BCUT2D eigenvalue weighted by molar-refractivity contribution is 6.12. The largest absolute Gasteiger partial charge is 0.416 e. The Hall–Kier alpha value is -10.1. The van der Waals surface area contributed by atoms with E-state index >= 15 is 13.2 Å². The monoisotopic (exact) mass is 1200 g/mol. The van der Waals surface area contributed by atoms with Crippen LogP contribution in [0.1, 0.15) is 27.8 Å². The number of benzene rings is 9. The van der Waals surface area contributed by atoms with Gasteiger partial charge in [-0.15, -0.1) is 0 Å². The molecular weight excluding hydrogens is 1160 g/mol. The summed E-state index contributed by atoms with van der Waals surface area (Å²) in [6, 6.07) is 47.6. The molecule has 3 heterocycles. The van der Waals surface area contributed by atoms with E-state index in [2.05, 4.69) is 0 Å². The number of rotatable bonds is 9. The topological polar surface area (TPSA) is 56.5 Å².